The number of piperidine rings is 1. The quantitative estimate of drug-likeness (QED) is 0.793. The zero-order valence-electron chi connectivity index (χ0n) is 8.56. The Labute approximate surface area is 99.8 Å². The van der Waals surface area contributed by atoms with E-state index >= 15 is 0 Å². The first kappa shape index (κ1) is 9.95. The zero-order chi connectivity index (χ0) is 10.6. The standard InChI is InChI=1S/C12H13Cl2N/c1-7-4-8-6-12(8,15-7)10-3-2-9(13)5-11(10)14/h2-3,5,7-8,15H,4,6H2,1H3. The molecule has 1 saturated carbocycles. The van der Waals surface area contributed by atoms with Crippen molar-refractivity contribution >= 4 is 23.2 Å². The minimum absolute atomic E-state index is 0.168. The normalized spacial score (nSPS) is 37.8. The summed E-state index contributed by atoms with van der Waals surface area (Å²) in [6.07, 6.45) is 2.48. The first-order valence-electron chi connectivity index (χ1n) is 5.35. The Hall–Kier alpha value is -0.240. The second kappa shape index (κ2) is 3.13. The monoisotopic (exact) mass is 241 g/mol. The average Bonchev–Trinajstić information content (AvgIpc) is 2.69. The zero-order valence-corrected chi connectivity index (χ0v) is 10.1. The van der Waals surface area contributed by atoms with Crippen molar-refractivity contribution in [2.45, 2.75) is 31.3 Å². The van der Waals surface area contributed by atoms with E-state index in [9.17, 15) is 0 Å². The van der Waals surface area contributed by atoms with Gasteiger partial charge in [-0.1, -0.05) is 29.3 Å². The summed E-state index contributed by atoms with van der Waals surface area (Å²) >= 11 is 12.2. The largest absolute Gasteiger partial charge is 0.305 e. The van der Waals surface area contributed by atoms with E-state index in [2.05, 4.69) is 18.3 Å². The van der Waals surface area contributed by atoms with Gasteiger partial charge in [0, 0.05) is 21.6 Å². The van der Waals surface area contributed by atoms with Crippen LogP contribution in [0.5, 0.6) is 0 Å². The molecule has 1 aliphatic heterocycles. The van der Waals surface area contributed by atoms with Gasteiger partial charge in [0.15, 0.2) is 0 Å². The average molecular weight is 242 g/mol. The Morgan fingerprint density at radius 3 is 2.80 bits per heavy atom. The van der Waals surface area contributed by atoms with Gasteiger partial charge in [-0.05, 0) is 43.4 Å². The summed E-state index contributed by atoms with van der Waals surface area (Å²) in [5, 5.41) is 5.16. The molecule has 3 heteroatoms. The number of benzene rings is 1. The van der Waals surface area contributed by atoms with Crippen molar-refractivity contribution in [1.82, 2.24) is 5.32 Å². The summed E-state index contributed by atoms with van der Waals surface area (Å²) in [5.41, 5.74) is 1.39. The van der Waals surface area contributed by atoms with Crippen molar-refractivity contribution in [2.75, 3.05) is 0 Å². The Morgan fingerprint density at radius 1 is 1.40 bits per heavy atom. The predicted molar refractivity (Wildman–Crippen MR) is 63.5 cm³/mol. The Morgan fingerprint density at radius 2 is 2.20 bits per heavy atom. The highest BCUT2D eigenvalue weighted by atomic mass is 35.5. The maximum Gasteiger partial charge on any atom is 0.0484 e. The van der Waals surface area contributed by atoms with Crippen LogP contribution in [0.2, 0.25) is 10.0 Å². The van der Waals surface area contributed by atoms with Gasteiger partial charge >= 0.3 is 0 Å². The van der Waals surface area contributed by atoms with Gasteiger partial charge in [0.05, 0.1) is 0 Å². The van der Waals surface area contributed by atoms with Crippen LogP contribution in [-0.4, -0.2) is 6.04 Å². The fraction of sp³-hybridized carbons (Fsp3) is 0.500. The molecule has 1 aliphatic carbocycles. The van der Waals surface area contributed by atoms with Crippen molar-refractivity contribution in [2.24, 2.45) is 5.92 Å². The molecule has 80 valence electrons. The topological polar surface area (TPSA) is 12.0 Å². The Bertz CT molecular complexity index is 418. The number of hydrogen-bond donors (Lipinski definition) is 1. The molecule has 0 spiro atoms. The molecule has 1 saturated heterocycles. The van der Waals surface area contributed by atoms with Gasteiger partial charge in [-0.3, -0.25) is 0 Å². The molecule has 3 atom stereocenters. The van der Waals surface area contributed by atoms with Crippen molar-refractivity contribution < 1.29 is 0 Å². The van der Waals surface area contributed by atoms with Gasteiger partial charge in [0.1, 0.15) is 0 Å². The maximum absolute atomic E-state index is 6.25. The van der Waals surface area contributed by atoms with Crippen LogP contribution in [0, 0.1) is 5.92 Å². The molecule has 0 radical (unpaired) electrons. The lowest BCUT2D eigenvalue weighted by Gasteiger charge is -2.18. The molecule has 0 aromatic heterocycles. The summed E-state index contributed by atoms with van der Waals surface area (Å²) < 4.78 is 0. The lowest BCUT2D eigenvalue weighted by molar-refractivity contribution is 0.505. The maximum atomic E-state index is 6.25. The van der Waals surface area contributed by atoms with Gasteiger partial charge in [0.2, 0.25) is 0 Å². The molecule has 2 aliphatic rings. The molecule has 1 N–H and O–H groups in total. The summed E-state index contributed by atoms with van der Waals surface area (Å²) in [6, 6.07) is 6.44. The SMILES string of the molecule is CC1CC2CC2(c2ccc(Cl)cc2Cl)N1. The molecule has 1 nitrogen and oxygen atoms in total. The summed E-state index contributed by atoms with van der Waals surface area (Å²) in [5.74, 6) is 0.770. The summed E-state index contributed by atoms with van der Waals surface area (Å²) in [6.45, 7) is 2.23. The Kier molecular flexibility index (Phi) is 2.08. The molecule has 1 aromatic carbocycles. The van der Waals surface area contributed by atoms with E-state index in [-0.39, 0.29) is 5.54 Å². The second-order valence-corrected chi connectivity index (χ2v) is 5.62. The van der Waals surface area contributed by atoms with Gasteiger partial charge < -0.3 is 5.32 Å². The third-order valence-corrected chi connectivity index (χ3v) is 4.21. The van der Waals surface area contributed by atoms with E-state index in [1.165, 1.54) is 18.4 Å². The summed E-state index contributed by atoms with van der Waals surface area (Å²) in [7, 11) is 0. The van der Waals surface area contributed by atoms with E-state index in [1.54, 1.807) is 0 Å². The second-order valence-electron chi connectivity index (χ2n) is 4.78. The van der Waals surface area contributed by atoms with Crippen molar-refractivity contribution in [1.29, 1.82) is 0 Å². The highest BCUT2D eigenvalue weighted by molar-refractivity contribution is 6.35. The van der Waals surface area contributed by atoms with E-state index in [1.807, 2.05) is 12.1 Å². The number of fused-ring (bicyclic) bond motifs is 1. The third-order valence-electron chi connectivity index (χ3n) is 3.66. The van der Waals surface area contributed by atoms with E-state index in [0.717, 1.165) is 10.9 Å². The van der Waals surface area contributed by atoms with Crippen LogP contribution < -0.4 is 5.32 Å². The fourth-order valence-electron chi connectivity index (χ4n) is 2.98. The molecule has 15 heavy (non-hydrogen) atoms. The molecular formula is C12H13Cl2N. The van der Waals surface area contributed by atoms with Crippen molar-refractivity contribution in [3.8, 4) is 0 Å². The highest BCUT2D eigenvalue weighted by Gasteiger charge is 2.60. The molecule has 0 bridgehead atoms. The van der Waals surface area contributed by atoms with Gasteiger partial charge in [-0.2, -0.15) is 0 Å². The van der Waals surface area contributed by atoms with E-state index in [4.69, 9.17) is 23.2 Å². The minimum atomic E-state index is 0.168. The van der Waals surface area contributed by atoms with Crippen LogP contribution in [0.25, 0.3) is 0 Å². The molecular weight excluding hydrogens is 229 g/mol. The first-order chi connectivity index (χ1) is 7.12. The number of hydrogen-bond acceptors (Lipinski definition) is 1. The first-order valence-corrected chi connectivity index (χ1v) is 6.10. The van der Waals surface area contributed by atoms with Crippen LogP contribution in [0.4, 0.5) is 0 Å². The minimum Gasteiger partial charge on any atom is -0.305 e. The van der Waals surface area contributed by atoms with Crippen LogP contribution in [-0.2, 0) is 5.54 Å². The molecule has 3 rings (SSSR count). The molecule has 1 heterocycles. The van der Waals surface area contributed by atoms with Crippen LogP contribution in [0.1, 0.15) is 25.3 Å². The van der Waals surface area contributed by atoms with Gasteiger partial charge in [-0.25, -0.2) is 0 Å². The van der Waals surface area contributed by atoms with Crippen LogP contribution in [0.15, 0.2) is 18.2 Å². The molecule has 2 fully saturated rings. The number of halogens is 2. The summed E-state index contributed by atoms with van der Waals surface area (Å²) in [4.78, 5) is 0. The van der Waals surface area contributed by atoms with Gasteiger partial charge in [0.25, 0.3) is 0 Å². The third kappa shape index (κ3) is 1.41. The Balaban J connectivity index is 2.01. The van der Waals surface area contributed by atoms with Gasteiger partial charge in [-0.15, -0.1) is 0 Å². The molecule has 3 unspecified atom stereocenters. The molecule has 0 amide bonds. The van der Waals surface area contributed by atoms with Crippen molar-refractivity contribution in [3.05, 3.63) is 33.8 Å². The predicted octanol–water partition coefficient (Wildman–Crippen LogP) is 3.59. The highest BCUT2D eigenvalue weighted by Crippen LogP contribution is 2.60. The lowest BCUT2D eigenvalue weighted by Crippen LogP contribution is -2.31. The van der Waals surface area contributed by atoms with E-state index < -0.39 is 0 Å². The number of rotatable bonds is 1. The van der Waals surface area contributed by atoms with Crippen LogP contribution in [0.3, 0.4) is 0 Å². The van der Waals surface area contributed by atoms with Crippen molar-refractivity contribution in [3.63, 3.8) is 0 Å². The lowest BCUT2D eigenvalue weighted by atomic mass is 10.0. The number of nitrogens with one attached hydrogen (secondary N) is 1. The van der Waals surface area contributed by atoms with E-state index in [0.29, 0.717) is 11.1 Å². The smallest absolute Gasteiger partial charge is 0.0484 e. The van der Waals surface area contributed by atoms with Crippen LogP contribution >= 0.6 is 23.2 Å². The fourth-order valence-corrected chi connectivity index (χ4v) is 3.55. The molecule has 1 aromatic rings.